The highest BCUT2D eigenvalue weighted by atomic mass is 32.1. The van der Waals surface area contributed by atoms with E-state index in [0.29, 0.717) is 0 Å². The Morgan fingerprint density at radius 3 is 2.89 bits per heavy atom. The third-order valence-corrected chi connectivity index (χ3v) is 3.75. The van der Waals surface area contributed by atoms with E-state index in [2.05, 4.69) is 36.3 Å². The molecule has 2 heterocycles. The van der Waals surface area contributed by atoms with Crippen LogP contribution >= 0.6 is 11.3 Å². The van der Waals surface area contributed by atoms with E-state index < -0.39 is 5.91 Å². The summed E-state index contributed by atoms with van der Waals surface area (Å²) in [6.07, 6.45) is 2.54. The van der Waals surface area contributed by atoms with Crippen molar-refractivity contribution < 1.29 is 4.79 Å². The highest BCUT2D eigenvalue weighted by Crippen LogP contribution is 2.18. The van der Waals surface area contributed by atoms with E-state index in [4.69, 9.17) is 5.73 Å². The van der Waals surface area contributed by atoms with Gasteiger partial charge >= 0.3 is 0 Å². The largest absolute Gasteiger partial charge is 0.382 e. The molecule has 0 aliphatic rings. The Balaban J connectivity index is 2.00. The number of hydrogen-bond acceptors (Lipinski definition) is 4. The molecular formula is C14H17N3OS. The van der Waals surface area contributed by atoms with Crippen molar-refractivity contribution in [3.05, 3.63) is 45.9 Å². The number of amides is 1. The molecule has 0 radical (unpaired) electrons. The topological polar surface area (TPSA) is 68.0 Å². The predicted octanol–water partition coefficient (Wildman–Crippen LogP) is 2.59. The molecule has 0 fully saturated rings. The van der Waals surface area contributed by atoms with Crippen molar-refractivity contribution in [2.45, 2.75) is 26.3 Å². The lowest BCUT2D eigenvalue weighted by molar-refractivity contribution is 0.0995. The van der Waals surface area contributed by atoms with Crippen LogP contribution in [-0.2, 0) is 6.42 Å². The van der Waals surface area contributed by atoms with Crippen LogP contribution in [0.5, 0.6) is 0 Å². The highest BCUT2D eigenvalue weighted by Gasteiger charge is 2.07. The first-order valence-electron chi connectivity index (χ1n) is 6.12. The summed E-state index contributed by atoms with van der Waals surface area (Å²) >= 11 is 1.81. The number of aromatic nitrogens is 1. The van der Waals surface area contributed by atoms with Gasteiger partial charge in [0, 0.05) is 34.1 Å². The van der Waals surface area contributed by atoms with Gasteiger partial charge < -0.3 is 11.1 Å². The molecule has 5 heteroatoms. The molecular weight excluding hydrogens is 258 g/mol. The van der Waals surface area contributed by atoms with E-state index in [-0.39, 0.29) is 11.7 Å². The van der Waals surface area contributed by atoms with Gasteiger partial charge in [0.25, 0.3) is 5.91 Å². The van der Waals surface area contributed by atoms with Gasteiger partial charge in [0.1, 0.15) is 5.69 Å². The third-order valence-electron chi connectivity index (χ3n) is 2.73. The molecule has 3 N–H and O–H groups in total. The SMILES string of the molecule is Cc1ccc(CC(C)Nc2ccnc(C(N)=O)c2)s1. The second-order valence-corrected chi connectivity index (χ2v) is 5.93. The molecule has 0 bridgehead atoms. The Bertz CT molecular complexity index is 580. The lowest BCUT2D eigenvalue weighted by Gasteiger charge is -2.14. The standard InChI is InChI=1S/C14H17N3OS/c1-9(7-12-4-3-10(2)19-12)17-11-5-6-16-13(8-11)14(15)18/h3-6,8-9H,7H2,1-2H3,(H2,15,18)(H,16,17). The minimum Gasteiger partial charge on any atom is -0.382 e. The van der Waals surface area contributed by atoms with Crippen LogP contribution in [0.1, 0.15) is 27.2 Å². The number of primary amides is 1. The lowest BCUT2D eigenvalue weighted by Crippen LogP contribution is -2.19. The predicted molar refractivity (Wildman–Crippen MR) is 78.6 cm³/mol. The number of pyridine rings is 1. The number of nitrogens with two attached hydrogens (primary N) is 1. The Labute approximate surface area is 116 Å². The molecule has 0 aromatic carbocycles. The Kier molecular flexibility index (Phi) is 4.16. The zero-order valence-corrected chi connectivity index (χ0v) is 11.8. The maximum absolute atomic E-state index is 11.1. The van der Waals surface area contributed by atoms with Crippen LogP contribution in [0.4, 0.5) is 5.69 Å². The average Bonchev–Trinajstić information content (AvgIpc) is 2.74. The fourth-order valence-electron chi connectivity index (χ4n) is 1.89. The molecule has 19 heavy (non-hydrogen) atoms. The summed E-state index contributed by atoms with van der Waals surface area (Å²) in [5, 5.41) is 3.35. The maximum atomic E-state index is 11.1. The summed E-state index contributed by atoms with van der Waals surface area (Å²) in [6.45, 7) is 4.22. The van der Waals surface area contributed by atoms with E-state index in [1.54, 1.807) is 12.3 Å². The molecule has 100 valence electrons. The van der Waals surface area contributed by atoms with Crippen molar-refractivity contribution in [1.29, 1.82) is 0 Å². The normalized spacial score (nSPS) is 12.1. The van der Waals surface area contributed by atoms with Gasteiger partial charge in [-0.1, -0.05) is 0 Å². The first-order chi connectivity index (χ1) is 9.04. The molecule has 2 aromatic heterocycles. The highest BCUT2D eigenvalue weighted by molar-refractivity contribution is 7.11. The van der Waals surface area contributed by atoms with Gasteiger partial charge in [-0.15, -0.1) is 11.3 Å². The molecule has 2 rings (SSSR count). The Morgan fingerprint density at radius 1 is 1.47 bits per heavy atom. The number of rotatable bonds is 5. The van der Waals surface area contributed by atoms with Gasteiger partial charge in [0.2, 0.25) is 0 Å². The van der Waals surface area contributed by atoms with E-state index in [1.807, 2.05) is 17.4 Å². The van der Waals surface area contributed by atoms with E-state index in [9.17, 15) is 4.79 Å². The molecule has 2 aromatic rings. The third kappa shape index (κ3) is 3.79. The number of anilines is 1. The molecule has 0 saturated heterocycles. The van der Waals surface area contributed by atoms with Gasteiger partial charge in [-0.3, -0.25) is 9.78 Å². The summed E-state index contributed by atoms with van der Waals surface area (Å²) in [4.78, 5) is 17.7. The fourth-order valence-corrected chi connectivity index (χ4v) is 2.91. The average molecular weight is 275 g/mol. The summed E-state index contributed by atoms with van der Waals surface area (Å²) in [7, 11) is 0. The first kappa shape index (κ1) is 13.5. The molecule has 0 spiro atoms. The number of hydrogen-bond donors (Lipinski definition) is 2. The van der Waals surface area contributed by atoms with Gasteiger partial charge in [0.05, 0.1) is 0 Å². The van der Waals surface area contributed by atoms with Gasteiger partial charge in [-0.25, -0.2) is 0 Å². The van der Waals surface area contributed by atoms with Crippen molar-refractivity contribution in [3.63, 3.8) is 0 Å². The summed E-state index contributed by atoms with van der Waals surface area (Å²) < 4.78 is 0. The second kappa shape index (κ2) is 5.84. The van der Waals surface area contributed by atoms with Crippen molar-refractivity contribution in [2.75, 3.05) is 5.32 Å². The molecule has 1 unspecified atom stereocenters. The minimum absolute atomic E-state index is 0.279. The van der Waals surface area contributed by atoms with Crippen LogP contribution in [0.3, 0.4) is 0 Å². The summed E-state index contributed by atoms with van der Waals surface area (Å²) in [6, 6.07) is 8.08. The minimum atomic E-state index is -0.509. The van der Waals surface area contributed by atoms with Crippen molar-refractivity contribution in [2.24, 2.45) is 5.73 Å². The van der Waals surface area contributed by atoms with Crippen LogP contribution in [0.25, 0.3) is 0 Å². The van der Waals surface area contributed by atoms with E-state index in [1.165, 1.54) is 9.75 Å². The number of carbonyl (C=O) groups excluding carboxylic acids is 1. The molecule has 0 saturated carbocycles. The molecule has 0 aliphatic carbocycles. The smallest absolute Gasteiger partial charge is 0.267 e. The van der Waals surface area contributed by atoms with E-state index in [0.717, 1.165) is 12.1 Å². The number of thiophene rings is 1. The monoisotopic (exact) mass is 275 g/mol. The molecule has 0 aliphatic heterocycles. The van der Waals surface area contributed by atoms with Crippen LogP contribution in [-0.4, -0.2) is 16.9 Å². The van der Waals surface area contributed by atoms with Gasteiger partial charge in [-0.2, -0.15) is 0 Å². The quantitative estimate of drug-likeness (QED) is 0.881. The van der Waals surface area contributed by atoms with E-state index >= 15 is 0 Å². The number of aryl methyl sites for hydroxylation is 1. The van der Waals surface area contributed by atoms with Crippen molar-refractivity contribution in [1.82, 2.24) is 4.98 Å². The summed E-state index contributed by atoms with van der Waals surface area (Å²) in [5.41, 5.74) is 6.36. The maximum Gasteiger partial charge on any atom is 0.267 e. The Morgan fingerprint density at radius 2 is 2.26 bits per heavy atom. The fraction of sp³-hybridized carbons (Fsp3) is 0.286. The van der Waals surface area contributed by atoms with Crippen molar-refractivity contribution >= 4 is 22.9 Å². The van der Waals surface area contributed by atoms with Gasteiger partial charge in [0.15, 0.2) is 0 Å². The lowest BCUT2D eigenvalue weighted by atomic mass is 10.2. The van der Waals surface area contributed by atoms with Crippen LogP contribution < -0.4 is 11.1 Å². The number of nitrogens with one attached hydrogen (secondary N) is 1. The zero-order valence-electron chi connectivity index (χ0n) is 11.0. The van der Waals surface area contributed by atoms with Gasteiger partial charge in [-0.05, 0) is 38.1 Å². The molecule has 4 nitrogen and oxygen atoms in total. The molecule has 1 atom stereocenters. The Hall–Kier alpha value is -1.88. The first-order valence-corrected chi connectivity index (χ1v) is 6.94. The van der Waals surface area contributed by atoms with Crippen molar-refractivity contribution in [3.8, 4) is 0 Å². The van der Waals surface area contributed by atoms with Crippen LogP contribution in [0.2, 0.25) is 0 Å². The van der Waals surface area contributed by atoms with Crippen LogP contribution in [0.15, 0.2) is 30.5 Å². The number of carbonyl (C=O) groups is 1. The van der Waals surface area contributed by atoms with Crippen LogP contribution in [0, 0.1) is 6.92 Å². The summed E-state index contributed by atoms with van der Waals surface area (Å²) in [5.74, 6) is -0.509. The number of nitrogens with zero attached hydrogens (tertiary/aromatic N) is 1. The zero-order chi connectivity index (χ0) is 13.8. The second-order valence-electron chi connectivity index (χ2n) is 4.56. The molecule has 1 amide bonds.